The van der Waals surface area contributed by atoms with Crippen LogP contribution in [0.5, 0.6) is 0 Å². The lowest BCUT2D eigenvalue weighted by atomic mass is 10.1. The van der Waals surface area contributed by atoms with E-state index in [1.165, 1.54) is 12.1 Å². The maximum Gasteiger partial charge on any atom is 0.288 e. The van der Waals surface area contributed by atoms with Crippen LogP contribution in [0.4, 0.5) is 5.69 Å². The quantitative estimate of drug-likeness (QED) is 0.544. The summed E-state index contributed by atoms with van der Waals surface area (Å²) >= 11 is 0. The summed E-state index contributed by atoms with van der Waals surface area (Å²) in [5.74, 6) is -0.634. The van der Waals surface area contributed by atoms with Gasteiger partial charge in [0.1, 0.15) is 4.90 Å². The molecule has 1 saturated heterocycles. The van der Waals surface area contributed by atoms with Gasteiger partial charge in [0.15, 0.2) is 9.84 Å². The molecule has 0 atom stereocenters. The molecular weight excluding hydrogens is 392 g/mol. The Hall–Kier alpha value is -2.74. The number of carbonyl (C=O) groups excluding carboxylic acids is 1. The van der Waals surface area contributed by atoms with Crippen LogP contribution < -0.4 is 0 Å². The van der Waals surface area contributed by atoms with Crippen molar-refractivity contribution in [2.75, 3.05) is 13.1 Å². The van der Waals surface area contributed by atoms with Crippen LogP contribution in [-0.2, 0) is 15.6 Å². The van der Waals surface area contributed by atoms with E-state index in [1.807, 2.05) is 6.92 Å². The summed E-state index contributed by atoms with van der Waals surface area (Å²) in [7, 11) is -3.94. The second-order valence-corrected chi connectivity index (χ2v) is 9.35. The number of nitro benzene ring substituents is 1. The zero-order valence-corrected chi connectivity index (χ0v) is 17.2. The molecule has 0 aromatic heterocycles. The summed E-state index contributed by atoms with van der Waals surface area (Å²) in [6.45, 7) is 3.11. The number of aryl methyl sites for hydroxylation is 1. The lowest BCUT2D eigenvalue weighted by Crippen LogP contribution is -2.31. The predicted molar refractivity (Wildman–Crippen MR) is 110 cm³/mol. The Balaban J connectivity index is 1.92. The maximum atomic E-state index is 12.8. The molecule has 2 aromatic rings. The van der Waals surface area contributed by atoms with Crippen molar-refractivity contribution in [2.45, 2.75) is 43.3 Å². The third-order valence-corrected chi connectivity index (χ3v) is 6.84. The van der Waals surface area contributed by atoms with Gasteiger partial charge in [0.25, 0.3) is 11.6 Å². The largest absolute Gasteiger partial charge is 0.339 e. The van der Waals surface area contributed by atoms with Gasteiger partial charge in [-0.25, -0.2) is 8.42 Å². The van der Waals surface area contributed by atoms with E-state index >= 15 is 0 Å². The highest BCUT2D eigenvalue weighted by molar-refractivity contribution is 7.90. The van der Waals surface area contributed by atoms with Gasteiger partial charge in [-0.15, -0.1) is 0 Å². The highest BCUT2D eigenvalue weighted by atomic mass is 32.2. The number of hydrogen-bond acceptors (Lipinski definition) is 5. The number of carbonyl (C=O) groups is 1. The Bertz CT molecular complexity index is 1010. The highest BCUT2D eigenvalue weighted by Gasteiger charge is 2.28. The Morgan fingerprint density at radius 3 is 2.24 bits per heavy atom. The monoisotopic (exact) mass is 416 g/mol. The molecular formula is C21H24N2O5S. The number of nitro groups is 1. The molecule has 1 amide bonds. The predicted octanol–water partition coefficient (Wildman–Crippen LogP) is 3.89. The first-order valence-corrected chi connectivity index (χ1v) is 11.3. The lowest BCUT2D eigenvalue weighted by molar-refractivity contribution is -0.387. The molecule has 1 aliphatic rings. The van der Waals surface area contributed by atoms with Crippen molar-refractivity contribution in [1.29, 1.82) is 0 Å². The molecule has 1 aliphatic heterocycles. The van der Waals surface area contributed by atoms with E-state index in [2.05, 4.69) is 0 Å². The third-order valence-electron chi connectivity index (χ3n) is 5.11. The molecule has 0 spiro atoms. The van der Waals surface area contributed by atoms with Crippen molar-refractivity contribution in [1.82, 2.24) is 4.90 Å². The first kappa shape index (κ1) is 21.0. The van der Waals surface area contributed by atoms with E-state index in [0.29, 0.717) is 18.7 Å². The number of likely N-dealkylation sites (tertiary alicyclic amines) is 1. The Morgan fingerprint density at radius 2 is 1.66 bits per heavy atom. The van der Waals surface area contributed by atoms with E-state index in [1.54, 1.807) is 29.2 Å². The van der Waals surface area contributed by atoms with Crippen molar-refractivity contribution in [3.05, 3.63) is 69.3 Å². The highest BCUT2D eigenvalue weighted by Crippen LogP contribution is 2.29. The molecule has 154 valence electrons. The van der Waals surface area contributed by atoms with Gasteiger partial charge in [0, 0.05) is 24.7 Å². The average molecular weight is 416 g/mol. The lowest BCUT2D eigenvalue weighted by Gasteiger charge is -2.20. The fourth-order valence-electron chi connectivity index (χ4n) is 3.49. The van der Waals surface area contributed by atoms with Gasteiger partial charge >= 0.3 is 0 Å². The van der Waals surface area contributed by atoms with Crippen LogP contribution in [0.25, 0.3) is 0 Å². The standard InChI is InChI=1S/C21H24N2O5S/c1-16-6-8-17(9-7-16)15-29(27,28)20-11-10-18(14-19(20)23(25)26)21(24)22-12-4-2-3-5-13-22/h6-11,14H,2-5,12-13,15H2,1H3. The molecule has 1 heterocycles. The fourth-order valence-corrected chi connectivity index (χ4v) is 5.01. The second-order valence-electron chi connectivity index (χ2n) is 7.39. The van der Waals surface area contributed by atoms with Gasteiger partial charge in [-0.2, -0.15) is 0 Å². The number of hydrogen-bond donors (Lipinski definition) is 0. The number of sulfone groups is 1. The van der Waals surface area contributed by atoms with Gasteiger partial charge < -0.3 is 4.90 Å². The summed E-state index contributed by atoms with van der Waals surface area (Å²) < 4.78 is 25.7. The number of rotatable bonds is 5. The normalized spacial score (nSPS) is 15.0. The smallest absolute Gasteiger partial charge is 0.288 e. The minimum atomic E-state index is -3.94. The Morgan fingerprint density at radius 1 is 1.03 bits per heavy atom. The van der Waals surface area contributed by atoms with E-state index in [-0.39, 0.29) is 22.1 Å². The first-order chi connectivity index (χ1) is 13.8. The summed E-state index contributed by atoms with van der Waals surface area (Å²) in [4.78, 5) is 24.9. The Kier molecular flexibility index (Phi) is 6.32. The van der Waals surface area contributed by atoms with Gasteiger partial charge in [0.2, 0.25) is 0 Å². The third kappa shape index (κ3) is 5.00. The van der Waals surface area contributed by atoms with Crippen LogP contribution in [0.15, 0.2) is 47.4 Å². The summed E-state index contributed by atoms with van der Waals surface area (Å²) in [6.07, 6.45) is 3.91. The minimum absolute atomic E-state index is 0.146. The van der Waals surface area contributed by atoms with Crippen molar-refractivity contribution in [3.8, 4) is 0 Å². The molecule has 8 heteroatoms. The SMILES string of the molecule is Cc1ccc(CS(=O)(=O)c2ccc(C(=O)N3CCCCCC3)cc2[N+](=O)[O-])cc1. The van der Waals surface area contributed by atoms with E-state index in [4.69, 9.17) is 0 Å². The van der Waals surface area contributed by atoms with Crippen LogP contribution in [0.2, 0.25) is 0 Å². The van der Waals surface area contributed by atoms with Crippen LogP contribution in [-0.4, -0.2) is 37.2 Å². The molecule has 0 saturated carbocycles. The molecule has 0 radical (unpaired) electrons. The Labute approximate surface area is 170 Å². The van der Waals surface area contributed by atoms with Crippen LogP contribution in [0, 0.1) is 17.0 Å². The minimum Gasteiger partial charge on any atom is -0.339 e. The second kappa shape index (κ2) is 8.73. The van der Waals surface area contributed by atoms with Gasteiger partial charge in [-0.05, 0) is 37.5 Å². The van der Waals surface area contributed by atoms with Crippen molar-refractivity contribution in [3.63, 3.8) is 0 Å². The molecule has 7 nitrogen and oxygen atoms in total. The molecule has 29 heavy (non-hydrogen) atoms. The topological polar surface area (TPSA) is 97.6 Å². The average Bonchev–Trinajstić information content (AvgIpc) is 2.98. The molecule has 1 fully saturated rings. The van der Waals surface area contributed by atoms with Gasteiger partial charge in [-0.3, -0.25) is 14.9 Å². The number of benzene rings is 2. The zero-order valence-electron chi connectivity index (χ0n) is 16.3. The van der Waals surface area contributed by atoms with E-state index < -0.39 is 20.4 Å². The van der Waals surface area contributed by atoms with Crippen molar-refractivity contribution >= 4 is 21.4 Å². The zero-order chi connectivity index (χ0) is 21.0. The molecule has 2 aromatic carbocycles. The molecule has 0 bridgehead atoms. The summed E-state index contributed by atoms with van der Waals surface area (Å²) in [6, 6.07) is 10.6. The summed E-state index contributed by atoms with van der Waals surface area (Å²) in [5.41, 5.74) is 1.13. The number of nitrogens with zero attached hydrogens (tertiary/aromatic N) is 2. The first-order valence-electron chi connectivity index (χ1n) is 9.64. The number of amides is 1. The maximum absolute atomic E-state index is 12.8. The van der Waals surface area contributed by atoms with Crippen LogP contribution in [0.3, 0.4) is 0 Å². The summed E-state index contributed by atoms with van der Waals surface area (Å²) in [5, 5.41) is 11.6. The van der Waals surface area contributed by atoms with Crippen molar-refractivity contribution < 1.29 is 18.1 Å². The molecule has 0 unspecified atom stereocenters. The van der Waals surface area contributed by atoms with Gasteiger partial charge in [0.05, 0.1) is 10.7 Å². The fraction of sp³-hybridized carbons (Fsp3) is 0.381. The molecule has 3 rings (SSSR count). The molecule has 0 aliphatic carbocycles. The van der Waals surface area contributed by atoms with E-state index in [0.717, 1.165) is 37.3 Å². The van der Waals surface area contributed by atoms with Crippen molar-refractivity contribution in [2.24, 2.45) is 0 Å². The van der Waals surface area contributed by atoms with Crippen LogP contribution >= 0.6 is 0 Å². The van der Waals surface area contributed by atoms with Gasteiger partial charge in [-0.1, -0.05) is 42.7 Å². The van der Waals surface area contributed by atoms with E-state index in [9.17, 15) is 23.3 Å². The molecule has 0 N–H and O–H groups in total. The van der Waals surface area contributed by atoms with Crippen LogP contribution in [0.1, 0.15) is 47.2 Å².